The normalized spacial score (nSPS) is 11.9. The summed E-state index contributed by atoms with van der Waals surface area (Å²) in [6, 6.07) is 11.2. The van der Waals surface area contributed by atoms with Crippen LogP contribution < -0.4 is 10.1 Å². The van der Waals surface area contributed by atoms with Crippen molar-refractivity contribution in [1.82, 2.24) is 5.32 Å². The van der Waals surface area contributed by atoms with E-state index in [1.165, 1.54) is 0 Å². The maximum atomic E-state index is 11.8. The van der Waals surface area contributed by atoms with E-state index in [-0.39, 0.29) is 5.91 Å². The van der Waals surface area contributed by atoms with Crippen molar-refractivity contribution in [3.05, 3.63) is 54.0 Å². The van der Waals surface area contributed by atoms with Crippen molar-refractivity contribution < 1.29 is 13.9 Å². The fourth-order valence-electron chi connectivity index (χ4n) is 1.68. The van der Waals surface area contributed by atoms with Gasteiger partial charge in [0, 0.05) is 0 Å². The average Bonchev–Trinajstić information content (AvgIpc) is 2.89. The summed E-state index contributed by atoms with van der Waals surface area (Å²) in [5.41, 5.74) is 1.10. The van der Waals surface area contributed by atoms with Crippen molar-refractivity contribution in [1.29, 1.82) is 0 Å². The Morgan fingerprint density at radius 3 is 2.89 bits per heavy atom. The lowest BCUT2D eigenvalue weighted by Crippen LogP contribution is -2.35. The highest BCUT2D eigenvalue weighted by atomic mass is 16.5. The third kappa shape index (κ3) is 3.88. The zero-order valence-corrected chi connectivity index (χ0v) is 11.1. The molecular weight excluding hydrogens is 242 g/mol. The highest BCUT2D eigenvalue weighted by Crippen LogP contribution is 2.14. The molecule has 4 nitrogen and oxygen atoms in total. The Labute approximate surface area is 112 Å². The van der Waals surface area contributed by atoms with E-state index in [0.717, 1.165) is 11.3 Å². The highest BCUT2D eigenvalue weighted by Gasteiger charge is 2.14. The van der Waals surface area contributed by atoms with Crippen LogP contribution in [-0.2, 0) is 11.3 Å². The molecule has 0 bridgehead atoms. The summed E-state index contributed by atoms with van der Waals surface area (Å²) in [4.78, 5) is 11.8. The Kier molecular flexibility index (Phi) is 4.23. The molecule has 1 aromatic carbocycles. The van der Waals surface area contributed by atoms with Crippen LogP contribution in [-0.4, -0.2) is 12.0 Å². The van der Waals surface area contributed by atoms with E-state index in [0.29, 0.717) is 12.3 Å². The van der Waals surface area contributed by atoms with Gasteiger partial charge in [0.25, 0.3) is 5.91 Å². The van der Waals surface area contributed by atoms with Crippen molar-refractivity contribution >= 4 is 5.91 Å². The van der Waals surface area contributed by atoms with Crippen LogP contribution in [0.25, 0.3) is 0 Å². The van der Waals surface area contributed by atoms with Gasteiger partial charge in [-0.2, -0.15) is 0 Å². The number of ether oxygens (including phenoxy) is 1. The minimum absolute atomic E-state index is 0.169. The van der Waals surface area contributed by atoms with Gasteiger partial charge in [-0.3, -0.25) is 4.79 Å². The molecule has 4 heteroatoms. The molecule has 2 aromatic rings. The molecule has 1 heterocycles. The van der Waals surface area contributed by atoms with Crippen LogP contribution >= 0.6 is 0 Å². The highest BCUT2D eigenvalue weighted by molar-refractivity contribution is 5.80. The smallest absolute Gasteiger partial charge is 0.261 e. The lowest BCUT2D eigenvalue weighted by Gasteiger charge is -2.14. The van der Waals surface area contributed by atoms with Crippen LogP contribution in [0.1, 0.15) is 18.2 Å². The minimum Gasteiger partial charge on any atom is -0.481 e. The zero-order chi connectivity index (χ0) is 13.7. The summed E-state index contributed by atoms with van der Waals surface area (Å²) < 4.78 is 10.7. The predicted molar refractivity (Wildman–Crippen MR) is 71.8 cm³/mol. The van der Waals surface area contributed by atoms with Gasteiger partial charge in [-0.25, -0.2) is 0 Å². The van der Waals surface area contributed by atoms with Gasteiger partial charge in [0.15, 0.2) is 6.10 Å². The molecule has 0 saturated carbocycles. The zero-order valence-electron chi connectivity index (χ0n) is 11.1. The van der Waals surface area contributed by atoms with Crippen molar-refractivity contribution in [3.8, 4) is 5.75 Å². The van der Waals surface area contributed by atoms with E-state index in [1.54, 1.807) is 19.3 Å². The van der Waals surface area contributed by atoms with Crippen LogP contribution in [0.3, 0.4) is 0 Å². The number of hydrogen-bond acceptors (Lipinski definition) is 3. The number of amides is 1. The largest absolute Gasteiger partial charge is 0.481 e. The van der Waals surface area contributed by atoms with Crippen LogP contribution in [0.5, 0.6) is 5.75 Å². The Balaban J connectivity index is 1.85. The molecule has 0 unspecified atom stereocenters. The van der Waals surface area contributed by atoms with E-state index < -0.39 is 6.10 Å². The molecule has 2 rings (SSSR count). The van der Waals surface area contributed by atoms with Crippen molar-refractivity contribution in [2.45, 2.75) is 26.5 Å². The van der Waals surface area contributed by atoms with Crippen molar-refractivity contribution in [2.75, 3.05) is 0 Å². The van der Waals surface area contributed by atoms with E-state index in [9.17, 15) is 4.79 Å². The van der Waals surface area contributed by atoms with Gasteiger partial charge in [0.05, 0.1) is 12.8 Å². The van der Waals surface area contributed by atoms with Crippen LogP contribution in [0.2, 0.25) is 0 Å². The topological polar surface area (TPSA) is 51.5 Å². The first-order valence-corrected chi connectivity index (χ1v) is 6.18. The number of hydrogen-bond donors (Lipinski definition) is 1. The fourth-order valence-corrected chi connectivity index (χ4v) is 1.68. The lowest BCUT2D eigenvalue weighted by molar-refractivity contribution is -0.127. The minimum atomic E-state index is -0.545. The molecule has 1 amide bonds. The SMILES string of the molecule is Cc1cccc(O[C@H](C)C(=O)NCc2ccco2)c1. The van der Waals surface area contributed by atoms with E-state index >= 15 is 0 Å². The Hall–Kier alpha value is -2.23. The molecule has 0 aliphatic carbocycles. The second-order valence-corrected chi connectivity index (χ2v) is 4.37. The first-order chi connectivity index (χ1) is 9.15. The molecule has 19 heavy (non-hydrogen) atoms. The van der Waals surface area contributed by atoms with Gasteiger partial charge in [-0.15, -0.1) is 0 Å². The van der Waals surface area contributed by atoms with Gasteiger partial charge >= 0.3 is 0 Å². The number of rotatable bonds is 5. The van der Waals surface area contributed by atoms with Gasteiger partial charge in [-0.1, -0.05) is 12.1 Å². The standard InChI is InChI=1S/C15H17NO3/c1-11-5-3-6-13(9-11)19-12(2)15(17)16-10-14-7-4-8-18-14/h3-9,12H,10H2,1-2H3,(H,16,17)/t12-/m1/s1. The third-order valence-corrected chi connectivity index (χ3v) is 2.69. The maximum Gasteiger partial charge on any atom is 0.261 e. The molecule has 0 saturated heterocycles. The first kappa shape index (κ1) is 13.2. The van der Waals surface area contributed by atoms with Crippen molar-refractivity contribution in [2.24, 2.45) is 0 Å². The molecule has 0 aliphatic heterocycles. The molecule has 1 N–H and O–H groups in total. The Morgan fingerprint density at radius 2 is 2.21 bits per heavy atom. The maximum absolute atomic E-state index is 11.8. The average molecular weight is 259 g/mol. The van der Waals surface area contributed by atoms with Gasteiger partial charge in [-0.05, 0) is 43.7 Å². The molecule has 0 aliphatic rings. The Bertz CT molecular complexity index is 534. The van der Waals surface area contributed by atoms with Crippen LogP contribution in [0.15, 0.2) is 47.1 Å². The number of benzene rings is 1. The van der Waals surface area contributed by atoms with Crippen LogP contribution in [0.4, 0.5) is 0 Å². The fraction of sp³-hybridized carbons (Fsp3) is 0.267. The van der Waals surface area contributed by atoms with Gasteiger partial charge < -0.3 is 14.5 Å². The summed E-state index contributed by atoms with van der Waals surface area (Å²) in [5.74, 6) is 1.25. The van der Waals surface area contributed by atoms with E-state index in [2.05, 4.69) is 5.32 Å². The quantitative estimate of drug-likeness (QED) is 0.898. The molecule has 1 aromatic heterocycles. The monoisotopic (exact) mass is 259 g/mol. The van der Waals surface area contributed by atoms with Crippen LogP contribution in [0, 0.1) is 6.92 Å². The number of carbonyl (C=O) groups is 1. The lowest BCUT2D eigenvalue weighted by atomic mass is 10.2. The summed E-state index contributed by atoms with van der Waals surface area (Å²) in [6.07, 6.45) is 1.03. The first-order valence-electron chi connectivity index (χ1n) is 6.18. The summed E-state index contributed by atoms with van der Waals surface area (Å²) in [7, 11) is 0. The second-order valence-electron chi connectivity index (χ2n) is 4.37. The Morgan fingerprint density at radius 1 is 1.37 bits per heavy atom. The molecular formula is C15H17NO3. The molecule has 1 atom stereocenters. The molecule has 0 spiro atoms. The number of aryl methyl sites for hydroxylation is 1. The van der Waals surface area contributed by atoms with Gasteiger partial charge in [0.1, 0.15) is 11.5 Å². The number of carbonyl (C=O) groups excluding carboxylic acids is 1. The number of furan rings is 1. The number of nitrogens with one attached hydrogen (secondary N) is 1. The summed E-state index contributed by atoms with van der Waals surface area (Å²) in [6.45, 7) is 4.07. The van der Waals surface area contributed by atoms with Gasteiger partial charge in [0.2, 0.25) is 0 Å². The third-order valence-electron chi connectivity index (χ3n) is 2.69. The second kappa shape index (κ2) is 6.09. The molecule has 0 radical (unpaired) electrons. The summed E-state index contributed by atoms with van der Waals surface area (Å²) >= 11 is 0. The summed E-state index contributed by atoms with van der Waals surface area (Å²) in [5, 5.41) is 2.76. The van der Waals surface area contributed by atoms with Crippen molar-refractivity contribution in [3.63, 3.8) is 0 Å². The molecule has 0 fully saturated rings. The van der Waals surface area contributed by atoms with E-state index in [1.807, 2.05) is 37.3 Å². The molecule has 100 valence electrons. The van der Waals surface area contributed by atoms with E-state index in [4.69, 9.17) is 9.15 Å². The predicted octanol–water partition coefficient (Wildman–Crippen LogP) is 2.67.